The monoisotopic (exact) mass is 1740 g/mol. The number of aromatic hydroxyl groups is 3. The molecule has 8 aromatic heterocycles. The number of pyridine rings is 2. The first-order valence-corrected chi connectivity index (χ1v) is 44.1. The molecule has 1 atom stereocenters. The second kappa shape index (κ2) is 46.5. The van der Waals surface area contributed by atoms with E-state index in [0.29, 0.717) is 60.5 Å². The zero-order chi connectivity index (χ0) is 94.6. The van der Waals surface area contributed by atoms with E-state index in [1.54, 1.807) is 116 Å². The number of aryl methyl sites for hydroxylation is 1. The molecular weight excluding hydrogens is 1600 g/mol. The molecule has 4 N–H and O–H groups in total. The lowest BCUT2D eigenvalue weighted by Gasteiger charge is -2.33. The van der Waals surface area contributed by atoms with Gasteiger partial charge in [-0.1, -0.05) is 178 Å². The molecule has 2 aliphatic heterocycles. The van der Waals surface area contributed by atoms with Crippen LogP contribution in [0.1, 0.15) is 210 Å². The van der Waals surface area contributed by atoms with Crippen molar-refractivity contribution in [2.45, 2.75) is 243 Å². The molecule has 13 rings (SSSR count). The Labute approximate surface area is 752 Å². The molecule has 25 heteroatoms. The maximum absolute atomic E-state index is 13.4. The molecule has 127 heavy (non-hydrogen) atoms. The Morgan fingerprint density at radius 2 is 0.756 bits per heavy atom. The summed E-state index contributed by atoms with van der Waals surface area (Å²) in [5.41, 5.74) is 9.48. The van der Waals surface area contributed by atoms with Crippen molar-refractivity contribution in [3.8, 4) is 73.5 Å². The number of phenolic OH excluding ortho intramolecular Hbond substituents is 3. The third-order valence-corrected chi connectivity index (χ3v) is 19.5. The number of hydrogen-bond acceptors (Lipinski definition) is 18. The van der Waals surface area contributed by atoms with Crippen LogP contribution >= 0.6 is 0 Å². The Morgan fingerprint density at radius 1 is 0.378 bits per heavy atom. The summed E-state index contributed by atoms with van der Waals surface area (Å²) in [5.74, 6) is 1.22. The highest BCUT2D eigenvalue weighted by Gasteiger charge is 2.25. The summed E-state index contributed by atoms with van der Waals surface area (Å²) < 4.78 is 22.6. The molecule has 11 aromatic rings. The van der Waals surface area contributed by atoms with E-state index in [1.165, 1.54) is 124 Å². The van der Waals surface area contributed by atoms with E-state index < -0.39 is 11.6 Å². The van der Waals surface area contributed by atoms with E-state index in [4.69, 9.17) is 0 Å². The van der Waals surface area contributed by atoms with Crippen LogP contribution < -0.4 is 33.1 Å². The van der Waals surface area contributed by atoms with E-state index in [-0.39, 0.29) is 71.8 Å². The summed E-state index contributed by atoms with van der Waals surface area (Å²) >= 11 is 0. The lowest BCUT2D eigenvalue weighted by Crippen LogP contribution is -2.33. The van der Waals surface area contributed by atoms with Crippen molar-refractivity contribution in [3.63, 3.8) is 0 Å². The van der Waals surface area contributed by atoms with Gasteiger partial charge in [0, 0.05) is 135 Å². The normalized spacial score (nSPS) is 14.0. The van der Waals surface area contributed by atoms with E-state index >= 15 is 0 Å². The molecule has 688 valence electrons. The van der Waals surface area contributed by atoms with Crippen molar-refractivity contribution < 1.29 is 19.7 Å². The van der Waals surface area contributed by atoms with Gasteiger partial charge in [-0.3, -0.25) is 38.6 Å². The molecule has 0 radical (unpaired) electrons. The van der Waals surface area contributed by atoms with Gasteiger partial charge >= 0.3 is 0 Å². The fourth-order valence-electron chi connectivity index (χ4n) is 13.9. The van der Waals surface area contributed by atoms with Crippen LogP contribution in [0.25, 0.3) is 56.3 Å². The minimum Gasteiger partial charge on any atom is -0.508 e. The standard InChI is InChI=1S/C15H17FN2O2.2C15H18N2O2.2C14H17N3O.C11H23N.C10H21N.C8H14N2/c1-15(2,3)9-18-14(20)7-5-12(17-18)10-4-6-13(19)11(16)8-10;1-15(2,3)10-17-14(19)9-8-13(16-17)11-4-6-12(18)7-5-11;1-15(2,3)10-17-14(19)8-7-13(16-17)11-5-4-6-12(18)9-11;1-14(2,3)10-17-13(18)5-4-12(16-17)11-6-8-15-9-7-11;1-14(2,3)10-17-13(18)7-6-12(16-17)11-5-4-8-15-9-11;1-11(2,3)8-10-6-5-7-12(4)9-10;1-10(2,3)8-9-4-6-11-7-5-9;1-8(2,3)7-5-9-10(4)6-7/h4-8,19H,9H2,1-3H3;2*4-9,18H,10H2,1-3H3;2*4-9H,10H2,1-3H3;10H,5-9H2,1-4H3;9,11H,4-8H2,1-3H3;5-6H,1-4H3. The Kier molecular flexibility index (Phi) is 38.3. The summed E-state index contributed by atoms with van der Waals surface area (Å²) in [7, 11) is 4.18. The third-order valence-electron chi connectivity index (χ3n) is 19.5. The number of nitrogens with zero attached hydrogens (tertiary/aromatic N) is 15. The molecule has 2 aliphatic rings. The van der Waals surface area contributed by atoms with Gasteiger partial charge in [0.05, 0.1) is 34.7 Å². The van der Waals surface area contributed by atoms with Crippen molar-refractivity contribution in [2.24, 2.45) is 56.8 Å². The van der Waals surface area contributed by atoms with Gasteiger partial charge in [0.25, 0.3) is 27.8 Å². The summed E-state index contributed by atoms with van der Waals surface area (Å²) in [6, 6.07) is 41.2. The van der Waals surface area contributed by atoms with Crippen molar-refractivity contribution in [1.82, 2.24) is 78.9 Å². The number of rotatable bonds is 12. The van der Waals surface area contributed by atoms with Crippen molar-refractivity contribution in [2.75, 3.05) is 33.2 Å². The summed E-state index contributed by atoms with van der Waals surface area (Å²) in [6.45, 7) is 59.4. The average Bonchev–Trinajstić information content (AvgIpc) is 1.04. The van der Waals surface area contributed by atoms with Gasteiger partial charge in [-0.2, -0.15) is 30.6 Å². The summed E-state index contributed by atoms with van der Waals surface area (Å²) in [6.07, 6.45) is 19.3. The molecule has 0 aliphatic carbocycles. The maximum Gasteiger partial charge on any atom is 0.266 e. The van der Waals surface area contributed by atoms with Crippen LogP contribution in [0, 0.1) is 55.6 Å². The third kappa shape index (κ3) is 40.1. The van der Waals surface area contributed by atoms with Crippen molar-refractivity contribution >= 4 is 0 Å². The number of likely N-dealkylation sites (tertiary alicyclic amines) is 1. The number of benzene rings is 3. The van der Waals surface area contributed by atoms with E-state index in [2.05, 4.69) is 209 Å². The lowest BCUT2D eigenvalue weighted by atomic mass is 9.81. The minimum absolute atomic E-state index is 0.00952. The molecule has 24 nitrogen and oxygen atoms in total. The Bertz CT molecular complexity index is 5410. The zero-order valence-electron chi connectivity index (χ0n) is 80.6. The quantitative estimate of drug-likeness (QED) is 0.0883. The van der Waals surface area contributed by atoms with Crippen molar-refractivity contribution in [3.05, 3.63) is 252 Å². The Hall–Kier alpha value is -11.2. The molecule has 2 saturated heterocycles. The molecule has 2 fully saturated rings. The minimum atomic E-state index is -0.710. The predicted molar refractivity (Wildman–Crippen MR) is 513 cm³/mol. The number of hydrogen-bond donors (Lipinski definition) is 4. The first-order valence-electron chi connectivity index (χ1n) is 44.1. The second-order valence-corrected chi connectivity index (χ2v) is 42.8. The largest absolute Gasteiger partial charge is 0.508 e. The molecule has 0 spiro atoms. The Balaban J connectivity index is 0.000000226. The van der Waals surface area contributed by atoms with Crippen LogP contribution in [-0.2, 0) is 45.2 Å². The van der Waals surface area contributed by atoms with Crippen LogP contribution in [0.5, 0.6) is 17.2 Å². The molecule has 10 heterocycles. The van der Waals surface area contributed by atoms with Gasteiger partial charge in [-0.15, -0.1) is 0 Å². The van der Waals surface area contributed by atoms with Crippen LogP contribution in [-0.4, -0.2) is 122 Å². The molecule has 1 unspecified atom stereocenters. The smallest absolute Gasteiger partial charge is 0.266 e. The van der Waals surface area contributed by atoms with Gasteiger partial charge in [-0.25, -0.2) is 27.8 Å². The molecule has 0 saturated carbocycles. The number of phenols is 3. The van der Waals surface area contributed by atoms with Crippen LogP contribution in [0.2, 0.25) is 0 Å². The van der Waals surface area contributed by atoms with Crippen molar-refractivity contribution in [1.29, 1.82) is 0 Å². The highest BCUT2D eigenvalue weighted by molar-refractivity contribution is 5.62. The molecule has 0 amide bonds. The molecular formula is C102H145FN16O8. The fourth-order valence-corrected chi connectivity index (χ4v) is 13.9. The first kappa shape index (κ1) is 105. The molecule has 0 bridgehead atoms. The topological polar surface area (TPSA) is 294 Å². The predicted octanol–water partition coefficient (Wildman–Crippen LogP) is 19.7. The highest BCUT2D eigenvalue weighted by atomic mass is 19.1. The molecule has 3 aromatic carbocycles. The second-order valence-electron chi connectivity index (χ2n) is 42.8. The lowest BCUT2D eigenvalue weighted by molar-refractivity contribution is 0.165. The van der Waals surface area contributed by atoms with Crippen LogP contribution in [0.3, 0.4) is 0 Å². The van der Waals surface area contributed by atoms with Gasteiger partial charge in [0.2, 0.25) is 0 Å². The SMILES string of the molecule is CC(C)(C)CC1CCNCC1.CC(C)(C)Cn1nc(-c2ccc(O)c(F)c2)ccc1=O.CC(C)(C)Cn1nc(-c2ccc(O)cc2)ccc1=O.CC(C)(C)Cn1nc(-c2cccc(O)c2)ccc1=O.CC(C)(C)Cn1nc(-c2cccnc2)ccc1=O.CC(C)(C)Cn1nc(-c2ccncc2)ccc1=O.CN1CCCC(CC(C)(C)C)C1.Cn1cc(C(C)(C)C)cn1. The fraction of sp³-hybridized carbons (Fsp3) is 0.500. The Morgan fingerprint density at radius 3 is 1.10 bits per heavy atom. The van der Waals surface area contributed by atoms with Crippen LogP contribution in [0.15, 0.2) is 213 Å². The van der Waals surface area contributed by atoms with E-state index in [0.717, 1.165) is 51.2 Å². The number of nitrogens with one attached hydrogen (secondary N) is 1. The van der Waals surface area contributed by atoms with Crippen LogP contribution in [0.4, 0.5) is 4.39 Å². The maximum atomic E-state index is 13.4. The average molecular weight is 1740 g/mol. The van der Waals surface area contributed by atoms with E-state index in [9.17, 15) is 43.7 Å². The number of halogens is 1. The van der Waals surface area contributed by atoms with Gasteiger partial charge < -0.3 is 25.5 Å². The summed E-state index contributed by atoms with van der Waals surface area (Å²) in [4.78, 5) is 69.4. The van der Waals surface area contributed by atoms with Gasteiger partial charge in [0.15, 0.2) is 11.6 Å². The zero-order valence-corrected chi connectivity index (χ0v) is 80.6. The van der Waals surface area contributed by atoms with E-state index in [1.807, 2.05) is 69.0 Å². The van der Waals surface area contributed by atoms with Gasteiger partial charge in [0.1, 0.15) is 11.5 Å². The number of aromatic nitrogens is 14. The van der Waals surface area contributed by atoms with Gasteiger partial charge in [-0.05, 0) is 235 Å². The highest BCUT2D eigenvalue weighted by Crippen LogP contribution is 2.33. The number of piperidine rings is 2. The first-order chi connectivity index (χ1) is 58.9. The summed E-state index contributed by atoms with van der Waals surface area (Å²) in [5, 5.41) is 57.3.